The van der Waals surface area contributed by atoms with Gasteiger partial charge in [-0.2, -0.15) is 4.98 Å². The zero-order chi connectivity index (χ0) is 15.7. The second kappa shape index (κ2) is 5.72. The Kier molecular flexibility index (Phi) is 4.17. The summed E-state index contributed by atoms with van der Waals surface area (Å²) in [4.78, 5) is 31.1. The number of nitrogens with zero attached hydrogens (tertiary/aromatic N) is 2. The van der Waals surface area contributed by atoms with Crippen LogP contribution in [0.3, 0.4) is 0 Å². The predicted octanol–water partition coefficient (Wildman–Crippen LogP) is 1.90. The van der Waals surface area contributed by atoms with Crippen LogP contribution >= 0.6 is 11.8 Å². The predicted molar refractivity (Wildman–Crippen MR) is 80.7 cm³/mol. The van der Waals surface area contributed by atoms with E-state index in [9.17, 15) is 9.59 Å². The highest BCUT2D eigenvalue weighted by atomic mass is 32.2. The molecule has 0 fully saturated rings. The molecule has 0 bridgehead atoms. The van der Waals surface area contributed by atoms with E-state index in [1.54, 1.807) is 20.8 Å². The number of rotatable bonds is 5. The molecular weight excluding hydrogens is 290 g/mol. The molecule has 1 atom stereocenters. The Morgan fingerprint density at radius 1 is 1.33 bits per heavy atom. The molecule has 8 heteroatoms. The maximum Gasteiger partial charge on any atom is 0.216 e. The van der Waals surface area contributed by atoms with Gasteiger partial charge in [-0.1, -0.05) is 11.8 Å². The topological polar surface area (TPSA) is 118 Å². The molecule has 0 aliphatic rings. The normalized spacial score (nSPS) is 12.4. The van der Waals surface area contributed by atoms with Crippen LogP contribution in [0, 0.1) is 13.8 Å². The summed E-state index contributed by atoms with van der Waals surface area (Å²) < 4.78 is 0. The highest BCUT2D eigenvalue weighted by Crippen LogP contribution is 2.26. The standard InChI is InChI=1S/C13H17N5O2S/c1-5-9(7(3)19)6(2)15-10(5)11(20)8(4)21-13-16-12(14)17-18-13/h8,15H,1-4H3,(H3,14,16,17,18)/t8-/m0/s1. The van der Waals surface area contributed by atoms with Crippen molar-refractivity contribution in [2.24, 2.45) is 0 Å². The summed E-state index contributed by atoms with van der Waals surface area (Å²) in [6.45, 7) is 6.82. The Bertz CT molecular complexity index is 703. The summed E-state index contributed by atoms with van der Waals surface area (Å²) in [5.41, 5.74) is 7.89. The number of H-pyrrole nitrogens is 2. The van der Waals surface area contributed by atoms with Crippen molar-refractivity contribution in [3.63, 3.8) is 0 Å². The van der Waals surface area contributed by atoms with Crippen molar-refractivity contribution < 1.29 is 9.59 Å². The van der Waals surface area contributed by atoms with Crippen molar-refractivity contribution in [2.45, 2.75) is 38.1 Å². The number of aromatic nitrogens is 4. The number of Topliss-reactive ketones (excluding diaryl/α,β-unsaturated/α-hetero) is 2. The van der Waals surface area contributed by atoms with Gasteiger partial charge in [0.2, 0.25) is 11.1 Å². The van der Waals surface area contributed by atoms with E-state index in [4.69, 9.17) is 5.73 Å². The molecule has 0 spiro atoms. The molecule has 0 amide bonds. The first kappa shape index (κ1) is 15.3. The van der Waals surface area contributed by atoms with Gasteiger partial charge in [0.25, 0.3) is 0 Å². The number of nitrogens with two attached hydrogens (primary N) is 1. The Labute approximate surface area is 126 Å². The average molecular weight is 307 g/mol. The first-order chi connectivity index (χ1) is 9.81. The van der Waals surface area contributed by atoms with Crippen molar-refractivity contribution in [3.05, 3.63) is 22.5 Å². The maximum absolute atomic E-state index is 12.5. The van der Waals surface area contributed by atoms with Gasteiger partial charge in [-0.05, 0) is 33.3 Å². The van der Waals surface area contributed by atoms with Crippen LogP contribution in [0.1, 0.15) is 46.0 Å². The number of hydrogen-bond donors (Lipinski definition) is 3. The lowest BCUT2D eigenvalue weighted by Crippen LogP contribution is -2.15. The fourth-order valence-electron chi connectivity index (χ4n) is 2.25. The van der Waals surface area contributed by atoms with Gasteiger partial charge in [0, 0.05) is 11.3 Å². The van der Waals surface area contributed by atoms with Gasteiger partial charge in [0.1, 0.15) is 0 Å². The second-order valence-corrected chi connectivity index (χ2v) is 6.12. The molecule has 2 rings (SSSR count). The zero-order valence-corrected chi connectivity index (χ0v) is 13.1. The second-order valence-electron chi connectivity index (χ2n) is 4.81. The minimum absolute atomic E-state index is 0.0534. The average Bonchev–Trinajstić information content (AvgIpc) is 2.92. The molecule has 0 saturated heterocycles. The van der Waals surface area contributed by atoms with Crippen LogP contribution in [0.25, 0.3) is 0 Å². The molecule has 2 heterocycles. The Hall–Kier alpha value is -2.09. The highest BCUT2D eigenvalue weighted by Gasteiger charge is 2.25. The quantitative estimate of drug-likeness (QED) is 0.573. The van der Waals surface area contributed by atoms with E-state index >= 15 is 0 Å². The van der Waals surface area contributed by atoms with Gasteiger partial charge in [-0.3, -0.25) is 9.59 Å². The third-order valence-electron chi connectivity index (χ3n) is 3.17. The van der Waals surface area contributed by atoms with Crippen LogP contribution < -0.4 is 5.73 Å². The van der Waals surface area contributed by atoms with Crippen LogP contribution in [0.5, 0.6) is 0 Å². The SMILES string of the molecule is CC(=O)c1c(C)[nH]c(C(=O)[C@H](C)Sc2n[nH]c(N)n2)c1C. The van der Waals surface area contributed by atoms with Crippen molar-refractivity contribution in [2.75, 3.05) is 5.73 Å². The minimum atomic E-state index is -0.392. The smallest absolute Gasteiger partial charge is 0.216 e. The number of ketones is 2. The molecule has 2 aromatic rings. The van der Waals surface area contributed by atoms with Crippen molar-refractivity contribution in [3.8, 4) is 0 Å². The summed E-state index contributed by atoms with van der Waals surface area (Å²) in [7, 11) is 0. The summed E-state index contributed by atoms with van der Waals surface area (Å²) in [5.74, 6) is 0.0572. The van der Waals surface area contributed by atoms with Gasteiger partial charge < -0.3 is 10.7 Å². The van der Waals surface area contributed by atoms with E-state index in [0.29, 0.717) is 27.7 Å². The van der Waals surface area contributed by atoms with Gasteiger partial charge in [0.15, 0.2) is 11.6 Å². The van der Waals surface area contributed by atoms with Crippen LogP contribution in [-0.4, -0.2) is 37.0 Å². The molecule has 0 aromatic carbocycles. The van der Waals surface area contributed by atoms with Gasteiger partial charge in [0.05, 0.1) is 10.9 Å². The number of anilines is 1. The molecular formula is C13H17N5O2S. The van der Waals surface area contributed by atoms with Gasteiger partial charge in [-0.25, -0.2) is 5.10 Å². The van der Waals surface area contributed by atoms with Crippen LogP contribution in [-0.2, 0) is 0 Å². The summed E-state index contributed by atoms with van der Waals surface area (Å²) in [6.07, 6.45) is 0. The van der Waals surface area contributed by atoms with Crippen LogP contribution in [0.2, 0.25) is 0 Å². The molecule has 0 aliphatic heterocycles. The third kappa shape index (κ3) is 2.99. The van der Waals surface area contributed by atoms with E-state index in [1.807, 2.05) is 0 Å². The summed E-state index contributed by atoms with van der Waals surface area (Å²) in [6, 6.07) is 0. The summed E-state index contributed by atoms with van der Waals surface area (Å²) >= 11 is 1.21. The first-order valence-corrected chi connectivity index (χ1v) is 7.28. The molecule has 2 aromatic heterocycles. The number of nitrogens with one attached hydrogen (secondary N) is 2. The monoisotopic (exact) mass is 307 g/mol. The summed E-state index contributed by atoms with van der Waals surface area (Å²) in [5, 5.41) is 6.44. The van der Waals surface area contributed by atoms with E-state index in [0.717, 1.165) is 0 Å². The minimum Gasteiger partial charge on any atom is -0.368 e. The lowest BCUT2D eigenvalue weighted by atomic mass is 10.0. The Balaban J connectivity index is 2.23. The number of hydrogen-bond acceptors (Lipinski definition) is 6. The molecule has 0 aliphatic carbocycles. The Morgan fingerprint density at radius 3 is 2.48 bits per heavy atom. The molecule has 4 N–H and O–H groups in total. The number of aromatic amines is 2. The zero-order valence-electron chi connectivity index (χ0n) is 12.3. The fraction of sp³-hybridized carbons (Fsp3) is 0.385. The fourth-order valence-corrected chi connectivity index (χ4v) is 3.04. The van der Waals surface area contributed by atoms with Crippen LogP contribution in [0.15, 0.2) is 5.16 Å². The molecule has 21 heavy (non-hydrogen) atoms. The molecule has 112 valence electrons. The van der Waals surface area contributed by atoms with Crippen molar-refractivity contribution in [1.29, 1.82) is 0 Å². The highest BCUT2D eigenvalue weighted by molar-refractivity contribution is 8.00. The van der Waals surface area contributed by atoms with E-state index in [2.05, 4.69) is 20.2 Å². The maximum atomic E-state index is 12.5. The Morgan fingerprint density at radius 2 is 2.00 bits per heavy atom. The molecule has 7 nitrogen and oxygen atoms in total. The number of nitrogen functional groups attached to an aromatic ring is 1. The van der Waals surface area contributed by atoms with Crippen molar-refractivity contribution in [1.82, 2.24) is 20.2 Å². The molecule has 0 radical (unpaired) electrons. The third-order valence-corrected chi connectivity index (χ3v) is 4.13. The lowest BCUT2D eigenvalue weighted by molar-refractivity contribution is 0.0988. The van der Waals surface area contributed by atoms with E-state index < -0.39 is 5.25 Å². The largest absolute Gasteiger partial charge is 0.368 e. The number of aryl methyl sites for hydroxylation is 1. The van der Waals surface area contributed by atoms with Crippen LogP contribution in [0.4, 0.5) is 5.95 Å². The first-order valence-electron chi connectivity index (χ1n) is 6.40. The van der Waals surface area contributed by atoms with Crippen molar-refractivity contribution >= 4 is 29.3 Å². The number of carbonyl (C=O) groups is 2. The van der Waals surface area contributed by atoms with Gasteiger partial charge in [-0.15, -0.1) is 5.10 Å². The van der Waals surface area contributed by atoms with Gasteiger partial charge >= 0.3 is 0 Å². The number of thioether (sulfide) groups is 1. The van der Waals surface area contributed by atoms with E-state index in [-0.39, 0.29) is 17.5 Å². The molecule has 0 unspecified atom stereocenters. The van der Waals surface area contributed by atoms with E-state index in [1.165, 1.54) is 18.7 Å². The molecule has 0 saturated carbocycles. The number of carbonyl (C=O) groups excluding carboxylic acids is 2. The lowest BCUT2D eigenvalue weighted by Gasteiger charge is -2.07.